The molecular weight excluding hydrogens is 332 g/mol. The van der Waals surface area contributed by atoms with E-state index in [1.54, 1.807) is 0 Å². The van der Waals surface area contributed by atoms with Crippen molar-refractivity contribution in [1.29, 1.82) is 0 Å². The molecule has 1 aliphatic carbocycles. The van der Waals surface area contributed by atoms with Gasteiger partial charge in [0, 0.05) is 12.1 Å². The lowest BCUT2D eigenvalue weighted by Crippen LogP contribution is -2.48. The number of amides is 1. The summed E-state index contributed by atoms with van der Waals surface area (Å²) in [7, 11) is 1.41. The van der Waals surface area contributed by atoms with Crippen molar-refractivity contribution in [1.82, 2.24) is 5.32 Å². The highest BCUT2D eigenvalue weighted by Gasteiger charge is 2.44. The Morgan fingerprint density at radius 1 is 1.15 bits per heavy atom. The lowest BCUT2D eigenvalue weighted by molar-refractivity contribution is -0.145. The number of esters is 1. The van der Waals surface area contributed by atoms with Crippen LogP contribution in [-0.2, 0) is 14.3 Å². The van der Waals surface area contributed by atoms with Gasteiger partial charge in [0.15, 0.2) is 0 Å². The highest BCUT2D eigenvalue weighted by atomic mass is 16.6. The molecule has 0 radical (unpaired) electrons. The van der Waals surface area contributed by atoms with Crippen LogP contribution in [0.5, 0.6) is 0 Å². The molecule has 0 aromatic heterocycles. The van der Waals surface area contributed by atoms with E-state index in [9.17, 15) is 9.59 Å². The van der Waals surface area contributed by atoms with Crippen molar-refractivity contribution >= 4 is 12.1 Å². The molecule has 1 unspecified atom stereocenters. The molecule has 3 N–H and O–H groups in total. The Labute approximate surface area is 158 Å². The van der Waals surface area contributed by atoms with Gasteiger partial charge in [-0.15, -0.1) is 0 Å². The van der Waals surface area contributed by atoms with Gasteiger partial charge in [0.2, 0.25) is 0 Å². The van der Waals surface area contributed by atoms with E-state index in [2.05, 4.69) is 19.2 Å². The van der Waals surface area contributed by atoms with Gasteiger partial charge in [0.25, 0.3) is 0 Å². The van der Waals surface area contributed by atoms with Crippen LogP contribution in [0.1, 0.15) is 73.1 Å². The first kappa shape index (κ1) is 22.7. The predicted octanol–water partition coefficient (Wildman–Crippen LogP) is 3.62. The van der Waals surface area contributed by atoms with E-state index >= 15 is 0 Å². The summed E-state index contributed by atoms with van der Waals surface area (Å²) in [5.74, 6) is 0.00200. The Balaban J connectivity index is 2.90. The summed E-state index contributed by atoms with van der Waals surface area (Å²) in [6, 6.07) is -0.218. The third kappa shape index (κ3) is 6.78. The number of carbonyl (C=O) groups is 2. The molecule has 1 aliphatic rings. The summed E-state index contributed by atoms with van der Waals surface area (Å²) in [5.41, 5.74) is 6.09. The zero-order valence-corrected chi connectivity index (χ0v) is 17.3. The van der Waals surface area contributed by atoms with Gasteiger partial charge >= 0.3 is 12.1 Å². The first-order valence-corrected chi connectivity index (χ1v) is 9.95. The Bertz CT molecular complexity index is 455. The predicted molar refractivity (Wildman–Crippen MR) is 103 cm³/mol. The Morgan fingerprint density at radius 2 is 1.73 bits per heavy atom. The van der Waals surface area contributed by atoms with Crippen LogP contribution in [0.4, 0.5) is 4.79 Å². The number of nitrogens with two attached hydrogens (primary N) is 1. The number of alkyl carbamates (subject to hydrolysis) is 1. The summed E-state index contributed by atoms with van der Waals surface area (Å²) in [4.78, 5) is 24.3. The van der Waals surface area contributed by atoms with E-state index in [1.165, 1.54) is 7.11 Å². The highest BCUT2D eigenvalue weighted by molar-refractivity contribution is 5.73. The largest absolute Gasteiger partial charge is 0.469 e. The van der Waals surface area contributed by atoms with Crippen LogP contribution in [0, 0.1) is 17.8 Å². The minimum atomic E-state index is -0.561. The van der Waals surface area contributed by atoms with Crippen LogP contribution in [-0.4, -0.2) is 36.9 Å². The number of nitrogens with one attached hydrogen (secondary N) is 1. The minimum absolute atomic E-state index is 0.0507. The molecule has 0 spiro atoms. The molecule has 0 heterocycles. The Hall–Kier alpha value is -1.30. The lowest BCUT2D eigenvalue weighted by atomic mass is 9.80. The molecule has 152 valence electrons. The molecule has 4 atom stereocenters. The van der Waals surface area contributed by atoms with Crippen molar-refractivity contribution in [3.8, 4) is 0 Å². The first-order chi connectivity index (χ1) is 12.1. The average molecular weight is 371 g/mol. The van der Waals surface area contributed by atoms with Crippen LogP contribution >= 0.6 is 0 Å². The minimum Gasteiger partial charge on any atom is -0.469 e. The number of carbonyl (C=O) groups excluding carboxylic acids is 2. The molecule has 0 aromatic carbocycles. The Kier molecular flexibility index (Phi) is 8.87. The number of hydrogen-bond donors (Lipinski definition) is 2. The van der Waals surface area contributed by atoms with Crippen molar-refractivity contribution in [2.45, 2.75) is 90.8 Å². The summed E-state index contributed by atoms with van der Waals surface area (Å²) in [5, 5.41) is 2.97. The summed E-state index contributed by atoms with van der Waals surface area (Å²) >= 11 is 0. The van der Waals surface area contributed by atoms with Crippen molar-refractivity contribution in [3.63, 3.8) is 0 Å². The lowest BCUT2D eigenvalue weighted by Gasteiger charge is -2.33. The van der Waals surface area contributed by atoms with Gasteiger partial charge < -0.3 is 20.5 Å². The van der Waals surface area contributed by atoms with E-state index in [1.807, 2.05) is 20.8 Å². The van der Waals surface area contributed by atoms with Gasteiger partial charge in [-0.05, 0) is 58.3 Å². The van der Waals surface area contributed by atoms with Crippen molar-refractivity contribution in [3.05, 3.63) is 0 Å². The van der Waals surface area contributed by atoms with E-state index in [0.717, 1.165) is 25.7 Å². The standard InChI is InChI=1S/C20H38N2O4/c1-7-9-13(10-8-2)17(21)15-11-14(18(23)25-6)12-16(15)22-19(24)26-20(3,4)5/h13-17H,7-12,21H2,1-6H3,(H,22,24)/t14-,15-,16-,17?/m1/s1. The first-order valence-electron chi connectivity index (χ1n) is 9.95. The molecule has 6 nitrogen and oxygen atoms in total. The van der Waals surface area contributed by atoms with Crippen molar-refractivity contribution < 1.29 is 19.1 Å². The number of ether oxygens (including phenoxy) is 2. The van der Waals surface area contributed by atoms with Gasteiger partial charge in [-0.3, -0.25) is 4.79 Å². The topological polar surface area (TPSA) is 90.7 Å². The maximum absolute atomic E-state index is 12.3. The fourth-order valence-corrected chi connectivity index (χ4v) is 4.10. The zero-order chi connectivity index (χ0) is 19.9. The molecule has 1 rings (SSSR count). The van der Waals surface area contributed by atoms with Crippen LogP contribution in [0.25, 0.3) is 0 Å². The average Bonchev–Trinajstić information content (AvgIpc) is 2.95. The molecule has 6 heteroatoms. The number of methoxy groups -OCH3 is 1. The van der Waals surface area contributed by atoms with E-state index in [0.29, 0.717) is 18.8 Å². The fraction of sp³-hybridized carbons (Fsp3) is 0.900. The van der Waals surface area contributed by atoms with Crippen LogP contribution in [0.2, 0.25) is 0 Å². The maximum atomic E-state index is 12.3. The van der Waals surface area contributed by atoms with E-state index in [4.69, 9.17) is 15.2 Å². The molecule has 0 bridgehead atoms. The van der Waals surface area contributed by atoms with Gasteiger partial charge in [-0.2, -0.15) is 0 Å². The Morgan fingerprint density at radius 3 is 2.19 bits per heavy atom. The second-order valence-electron chi connectivity index (χ2n) is 8.52. The maximum Gasteiger partial charge on any atom is 0.407 e. The van der Waals surface area contributed by atoms with Crippen LogP contribution < -0.4 is 11.1 Å². The van der Waals surface area contributed by atoms with Gasteiger partial charge in [0.1, 0.15) is 5.60 Å². The van der Waals surface area contributed by atoms with Gasteiger partial charge in [-0.1, -0.05) is 26.7 Å². The summed E-state index contributed by atoms with van der Waals surface area (Å²) in [6.07, 6.45) is 5.03. The fourth-order valence-electron chi connectivity index (χ4n) is 4.10. The normalized spacial score (nSPS) is 24.4. The molecule has 1 amide bonds. The van der Waals surface area contributed by atoms with Crippen LogP contribution in [0.3, 0.4) is 0 Å². The van der Waals surface area contributed by atoms with E-state index < -0.39 is 11.7 Å². The zero-order valence-electron chi connectivity index (χ0n) is 17.3. The van der Waals surface area contributed by atoms with E-state index in [-0.39, 0.29) is 29.9 Å². The molecule has 1 saturated carbocycles. The number of hydrogen-bond acceptors (Lipinski definition) is 5. The van der Waals surface area contributed by atoms with Gasteiger partial charge in [-0.25, -0.2) is 4.79 Å². The SMILES string of the molecule is CCCC(CCC)C(N)[C@@H]1C[C@@H](C(=O)OC)C[C@H]1NC(=O)OC(C)(C)C. The van der Waals surface area contributed by atoms with Crippen LogP contribution in [0.15, 0.2) is 0 Å². The second-order valence-corrected chi connectivity index (χ2v) is 8.52. The highest BCUT2D eigenvalue weighted by Crippen LogP contribution is 2.37. The summed E-state index contributed by atoms with van der Waals surface area (Å²) < 4.78 is 10.3. The molecule has 1 fully saturated rings. The summed E-state index contributed by atoms with van der Waals surface area (Å²) in [6.45, 7) is 9.83. The molecular formula is C20H38N2O4. The van der Waals surface area contributed by atoms with Crippen molar-refractivity contribution in [2.75, 3.05) is 7.11 Å². The third-order valence-electron chi connectivity index (χ3n) is 5.21. The van der Waals surface area contributed by atoms with Crippen molar-refractivity contribution in [2.24, 2.45) is 23.5 Å². The molecule has 0 aromatic rings. The molecule has 0 saturated heterocycles. The number of rotatable bonds is 8. The third-order valence-corrected chi connectivity index (χ3v) is 5.21. The molecule has 26 heavy (non-hydrogen) atoms. The smallest absolute Gasteiger partial charge is 0.407 e. The van der Waals surface area contributed by atoms with Gasteiger partial charge in [0.05, 0.1) is 13.0 Å². The second kappa shape index (κ2) is 10.1. The monoisotopic (exact) mass is 370 g/mol. The molecule has 0 aliphatic heterocycles. The quantitative estimate of drug-likeness (QED) is 0.637.